The van der Waals surface area contributed by atoms with Gasteiger partial charge in [0.25, 0.3) is 11.8 Å². The lowest BCUT2D eigenvalue weighted by molar-refractivity contribution is -0.141. The first-order chi connectivity index (χ1) is 28.5. The van der Waals surface area contributed by atoms with Crippen molar-refractivity contribution in [3.05, 3.63) is 93.1 Å². The number of rotatable bonds is 13. The number of likely N-dealkylation sites (tertiary alicyclic amines) is 1. The van der Waals surface area contributed by atoms with Gasteiger partial charge in [0.15, 0.2) is 17.3 Å². The number of benzene rings is 2. The summed E-state index contributed by atoms with van der Waals surface area (Å²) in [6, 6.07) is 10.0. The van der Waals surface area contributed by atoms with Crippen LogP contribution in [0.5, 0.6) is 17.2 Å². The van der Waals surface area contributed by atoms with E-state index in [-0.39, 0.29) is 54.8 Å². The second kappa shape index (κ2) is 16.4. The van der Waals surface area contributed by atoms with Gasteiger partial charge in [-0.2, -0.15) is 18.2 Å². The quantitative estimate of drug-likeness (QED) is 0.0893. The lowest BCUT2D eigenvalue weighted by Gasteiger charge is -2.49. The molecule has 0 radical (unpaired) electrons. The Kier molecular flexibility index (Phi) is 11.7. The van der Waals surface area contributed by atoms with E-state index in [1.807, 2.05) is 6.08 Å². The zero-order valence-electron chi connectivity index (χ0n) is 32.2. The summed E-state index contributed by atoms with van der Waals surface area (Å²) in [7, 11) is 2.72. The van der Waals surface area contributed by atoms with Crippen LogP contribution in [0.15, 0.2) is 66.4 Å². The largest absolute Gasteiger partial charge is 0.502 e. The number of alkyl halides is 3. The third-order valence-corrected chi connectivity index (χ3v) is 12.5. The van der Waals surface area contributed by atoms with E-state index in [4.69, 9.17) is 37.8 Å². The van der Waals surface area contributed by atoms with Crippen molar-refractivity contribution < 1.29 is 56.8 Å². The third-order valence-electron chi connectivity index (χ3n) is 12.0. The van der Waals surface area contributed by atoms with Crippen molar-refractivity contribution in [1.29, 1.82) is 0 Å². The number of ether oxygens (including phenoxy) is 2. The SMILES string of the molecule is COc1cc(C=C[C@H]2C3=CC[C@@H]4C(=O)N(CCCCCC(=O)O)C(=O)[C@@H]4[C@@H]3C[C@H]3C(=O)N(Nc4ncc(C(F)(F)F)cc4Cl)C(=O)[C@@]23c2ccc(Cl)cc2)cc(OC)c1O. The predicted molar refractivity (Wildman–Crippen MR) is 211 cm³/mol. The number of pyridine rings is 1. The molecule has 13 nitrogen and oxygen atoms in total. The van der Waals surface area contributed by atoms with Crippen molar-refractivity contribution in [3.63, 3.8) is 0 Å². The number of aromatic nitrogens is 1. The molecule has 4 aliphatic rings. The number of anilines is 1. The summed E-state index contributed by atoms with van der Waals surface area (Å²) in [4.78, 5) is 74.4. The first-order valence-electron chi connectivity index (χ1n) is 19.1. The molecular formula is C42H39Cl2F3N4O9. The molecule has 1 saturated carbocycles. The minimum absolute atomic E-state index is 0.0440. The number of hydrazine groups is 1. The zero-order valence-corrected chi connectivity index (χ0v) is 33.7. The molecule has 0 unspecified atom stereocenters. The minimum Gasteiger partial charge on any atom is -0.502 e. The van der Waals surface area contributed by atoms with Gasteiger partial charge in [-0.05, 0) is 73.1 Å². The fourth-order valence-corrected chi connectivity index (χ4v) is 9.59. The number of allylic oxidation sites excluding steroid dienone is 3. The van der Waals surface area contributed by atoms with Crippen molar-refractivity contribution in [2.24, 2.45) is 29.6 Å². The number of unbranched alkanes of at least 4 members (excludes halogenated alkanes) is 2. The van der Waals surface area contributed by atoms with Gasteiger partial charge in [-0.15, -0.1) is 0 Å². The predicted octanol–water partition coefficient (Wildman–Crippen LogP) is 7.31. The van der Waals surface area contributed by atoms with Gasteiger partial charge in [-0.1, -0.05) is 65.6 Å². The first-order valence-corrected chi connectivity index (χ1v) is 19.8. The Morgan fingerprint density at radius 2 is 1.67 bits per heavy atom. The van der Waals surface area contributed by atoms with E-state index >= 15 is 4.79 Å². The highest BCUT2D eigenvalue weighted by Gasteiger charge is 2.69. The minimum atomic E-state index is -4.77. The van der Waals surface area contributed by atoms with E-state index in [1.54, 1.807) is 36.4 Å². The molecule has 0 spiro atoms. The number of carbonyl (C=O) groups is 5. The Morgan fingerprint density at radius 3 is 2.28 bits per heavy atom. The molecule has 60 heavy (non-hydrogen) atoms. The zero-order chi connectivity index (χ0) is 43.3. The molecule has 3 aromatic rings. The summed E-state index contributed by atoms with van der Waals surface area (Å²) in [6.45, 7) is 0.0916. The van der Waals surface area contributed by atoms with Crippen LogP contribution in [0.3, 0.4) is 0 Å². The number of nitrogens with zero attached hydrogens (tertiary/aromatic N) is 3. The van der Waals surface area contributed by atoms with Crippen LogP contribution in [-0.2, 0) is 35.6 Å². The molecule has 4 amide bonds. The summed E-state index contributed by atoms with van der Waals surface area (Å²) in [5.74, 6) is -8.32. The summed E-state index contributed by atoms with van der Waals surface area (Å²) in [5.41, 5.74) is 1.16. The van der Waals surface area contributed by atoms with Crippen LogP contribution >= 0.6 is 23.2 Å². The van der Waals surface area contributed by atoms with Crippen LogP contribution in [0.2, 0.25) is 10.0 Å². The topological polar surface area (TPSA) is 176 Å². The number of fused-ring (bicyclic) bond motifs is 4. The Bertz CT molecular complexity index is 2300. The second-order valence-corrected chi connectivity index (χ2v) is 16.0. The number of carboxylic acid groups (broad SMARTS) is 1. The number of carbonyl (C=O) groups excluding carboxylic acids is 4. The molecule has 2 aliphatic heterocycles. The Hall–Kier alpha value is -5.61. The summed E-state index contributed by atoms with van der Waals surface area (Å²) < 4.78 is 51.3. The number of aromatic hydroxyl groups is 1. The van der Waals surface area contributed by atoms with Gasteiger partial charge in [0.1, 0.15) is 0 Å². The highest BCUT2D eigenvalue weighted by atomic mass is 35.5. The maximum absolute atomic E-state index is 15.3. The smallest absolute Gasteiger partial charge is 0.417 e. The highest BCUT2D eigenvalue weighted by Crippen LogP contribution is 2.61. The second-order valence-electron chi connectivity index (χ2n) is 15.1. The molecule has 2 aliphatic carbocycles. The number of hydrogen-bond donors (Lipinski definition) is 3. The molecule has 1 aromatic heterocycles. The molecule has 2 aromatic carbocycles. The van der Waals surface area contributed by atoms with Crippen LogP contribution in [0, 0.1) is 29.6 Å². The first kappa shape index (κ1) is 42.5. The van der Waals surface area contributed by atoms with E-state index in [0.29, 0.717) is 58.3 Å². The number of methoxy groups -OCH3 is 2. The standard InChI is InChI=1S/C42H39Cl2F3N4O9/c1-59-31-16-21(17-32(60-2)35(31)54)7-14-28-25-12-13-26-34(39(57)50(37(26)55)15-5-3-4-6-33(52)53)27(25)19-29-38(56)51(40(58)41(28,29)22-8-10-24(43)11-9-22)49-36-30(44)18-23(20-48-36)42(45,46)47/h7-12,14,16-18,20,26-29,34,54H,3-6,13,15,19H2,1-2H3,(H,48,49)(H,52,53)/t26-,27+,28-,29-,34-,41-/m0/s1. The van der Waals surface area contributed by atoms with E-state index < -0.39 is 75.5 Å². The summed E-state index contributed by atoms with van der Waals surface area (Å²) >= 11 is 12.6. The fraction of sp³-hybridized carbons (Fsp3) is 0.381. The van der Waals surface area contributed by atoms with Gasteiger partial charge < -0.3 is 19.7 Å². The average Bonchev–Trinajstić information content (AvgIpc) is 3.58. The third kappa shape index (κ3) is 7.33. The molecular weight excluding hydrogens is 832 g/mol. The Balaban J connectivity index is 1.36. The monoisotopic (exact) mass is 870 g/mol. The lowest BCUT2D eigenvalue weighted by atomic mass is 9.50. The van der Waals surface area contributed by atoms with Gasteiger partial charge in [0.05, 0.1) is 48.0 Å². The number of phenolic OH excluding ortho intramolecular Hbond substituents is 1. The fourth-order valence-electron chi connectivity index (χ4n) is 9.25. The molecule has 316 valence electrons. The molecule has 0 bridgehead atoms. The number of amides is 4. The van der Waals surface area contributed by atoms with Crippen LogP contribution in [0.25, 0.3) is 6.08 Å². The van der Waals surface area contributed by atoms with Crippen LogP contribution < -0.4 is 14.9 Å². The Labute approximate surface area is 351 Å². The number of halogens is 5. The van der Waals surface area contributed by atoms with E-state index in [2.05, 4.69) is 10.4 Å². The molecule has 18 heteroatoms. The molecule has 2 saturated heterocycles. The maximum atomic E-state index is 15.3. The molecule has 6 atom stereocenters. The lowest BCUT2D eigenvalue weighted by Crippen LogP contribution is -2.54. The maximum Gasteiger partial charge on any atom is 0.417 e. The number of nitrogens with one attached hydrogen (secondary N) is 1. The van der Waals surface area contributed by atoms with Crippen molar-refractivity contribution in [1.82, 2.24) is 14.9 Å². The van der Waals surface area contributed by atoms with E-state index in [0.717, 1.165) is 0 Å². The normalized spacial score (nSPS) is 25.0. The van der Waals surface area contributed by atoms with Crippen molar-refractivity contribution in [2.75, 3.05) is 26.2 Å². The van der Waals surface area contributed by atoms with Crippen molar-refractivity contribution >= 4 is 64.7 Å². The number of hydrogen-bond acceptors (Lipinski definition) is 10. The van der Waals surface area contributed by atoms with Gasteiger partial charge in [0, 0.05) is 30.1 Å². The van der Waals surface area contributed by atoms with E-state index in [9.17, 15) is 37.5 Å². The van der Waals surface area contributed by atoms with Gasteiger partial charge in [-0.25, -0.2) is 4.98 Å². The van der Waals surface area contributed by atoms with Gasteiger partial charge >= 0.3 is 12.1 Å². The van der Waals surface area contributed by atoms with Crippen molar-refractivity contribution in [3.8, 4) is 17.2 Å². The number of aliphatic carboxylic acids is 1. The van der Waals surface area contributed by atoms with Gasteiger partial charge in [0.2, 0.25) is 17.6 Å². The average molecular weight is 872 g/mol. The molecule has 3 fully saturated rings. The van der Waals surface area contributed by atoms with Crippen LogP contribution in [0.4, 0.5) is 19.0 Å². The Morgan fingerprint density at radius 1 is 0.983 bits per heavy atom. The van der Waals surface area contributed by atoms with Crippen LogP contribution in [0.1, 0.15) is 55.2 Å². The molecule has 3 heterocycles. The van der Waals surface area contributed by atoms with E-state index in [1.165, 1.54) is 31.3 Å². The van der Waals surface area contributed by atoms with Crippen LogP contribution in [-0.4, -0.2) is 75.5 Å². The summed E-state index contributed by atoms with van der Waals surface area (Å²) in [5, 5.41) is 20.2. The van der Waals surface area contributed by atoms with Crippen molar-refractivity contribution in [2.45, 2.75) is 50.1 Å². The number of phenols is 1. The number of imide groups is 2. The highest BCUT2D eigenvalue weighted by molar-refractivity contribution is 6.33. The molecule has 3 N–H and O–H groups in total. The number of carboxylic acids is 1. The van der Waals surface area contributed by atoms with Gasteiger partial charge in [-0.3, -0.25) is 34.3 Å². The summed E-state index contributed by atoms with van der Waals surface area (Å²) in [6.07, 6.45) is 2.26. The molecule has 7 rings (SSSR count).